The van der Waals surface area contributed by atoms with Crippen LogP contribution < -0.4 is 11.1 Å². The van der Waals surface area contributed by atoms with Crippen LogP contribution in [0.2, 0.25) is 0 Å². The summed E-state index contributed by atoms with van der Waals surface area (Å²) in [5.74, 6) is 1.40. The number of aryl methyl sites for hydroxylation is 2. The van der Waals surface area contributed by atoms with E-state index in [0.717, 1.165) is 28.3 Å². The zero-order valence-electron chi connectivity index (χ0n) is 12.3. The van der Waals surface area contributed by atoms with Gasteiger partial charge < -0.3 is 15.5 Å². The number of furan rings is 1. The lowest BCUT2D eigenvalue weighted by Crippen LogP contribution is -2.15. The summed E-state index contributed by atoms with van der Waals surface area (Å²) in [6, 6.07) is 7.63. The molecule has 0 saturated carbocycles. The first kappa shape index (κ1) is 14.2. The number of amides is 1. The van der Waals surface area contributed by atoms with Crippen molar-refractivity contribution in [3.8, 4) is 0 Å². The molecular weight excluding hydrogens is 252 g/mol. The molecule has 20 heavy (non-hydrogen) atoms. The second-order valence-corrected chi connectivity index (χ2v) is 5.08. The van der Waals surface area contributed by atoms with E-state index in [1.807, 2.05) is 39.0 Å². The van der Waals surface area contributed by atoms with Gasteiger partial charge in [-0.1, -0.05) is 6.07 Å². The highest BCUT2D eigenvalue weighted by atomic mass is 16.3. The highest BCUT2D eigenvalue weighted by Gasteiger charge is 2.15. The fourth-order valence-electron chi connectivity index (χ4n) is 2.45. The largest absolute Gasteiger partial charge is 0.466 e. The third-order valence-electron chi connectivity index (χ3n) is 3.52. The van der Waals surface area contributed by atoms with Gasteiger partial charge in [-0.05, 0) is 51.5 Å². The summed E-state index contributed by atoms with van der Waals surface area (Å²) < 4.78 is 5.55. The molecule has 2 rings (SSSR count). The van der Waals surface area contributed by atoms with E-state index in [1.165, 1.54) is 0 Å². The molecule has 1 unspecified atom stereocenters. The molecule has 0 spiro atoms. The normalized spacial score (nSPS) is 12.2. The number of carbonyl (C=O) groups is 1. The first-order valence-corrected chi connectivity index (χ1v) is 6.63. The molecular formula is C16H20N2O2. The highest BCUT2D eigenvalue weighted by Crippen LogP contribution is 2.27. The molecule has 0 fully saturated rings. The number of benzene rings is 1. The summed E-state index contributed by atoms with van der Waals surface area (Å²) in [6.07, 6.45) is 0. The van der Waals surface area contributed by atoms with Crippen molar-refractivity contribution in [2.24, 2.45) is 5.73 Å². The molecule has 0 saturated heterocycles. The van der Waals surface area contributed by atoms with E-state index in [0.29, 0.717) is 5.56 Å². The Labute approximate surface area is 119 Å². The summed E-state index contributed by atoms with van der Waals surface area (Å²) >= 11 is 0. The van der Waals surface area contributed by atoms with E-state index in [2.05, 4.69) is 12.2 Å². The van der Waals surface area contributed by atoms with Gasteiger partial charge >= 0.3 is 0 Å². The maximum Gasteiger partial charge on any atom is 0.249 e. The Morgan fingerprint density at radius 1 is 1.30 bits per heavy atom. The van der Waals surface area contributed by atoms with Gasteiger partial charge in [-0.2, -0.15) is 0 Å². The third-order valence-corrected chi connectivity index (χ3v) is 3.52. The van der Waals surface area contributed by atoms with E-state index in [-0.39, 0.29) is 6.04 Å². The van der Waals surface area contributed by atoms with Crippen molar-refractivity contribution in [1.82, 2.24) is 0 Å². The smallest absolute Gasteiger partial charge is 0.249 e. The van der Waals surface area contributed by atoms with Crippen LogP contribution in [0.4, 0.5) is 5.69 Å². The van der Waals surface area contributed by atoms with Crippen molar-refractivity contribution in [3.05, 3.63) is 52.5 Å². The number of hydrogen-bond acceptors (Lipinski definition) is 3. The minimum Gasteiger partial charge on any atom is -0.466 e. The van der Waals surface area contributed by atoms with Gasteiger partial charge in [-0.25, -0.2) is 0 Å². The predicted molar refractivity (Wildman–Crippen MR) is 79.9 cm³/mol. The van der Waals surface area contributed by atoms with E-state index in [1.54, 1.807) is 6.07 Å². The Balaban J connectivity index is 2.28. The van der Waals surface area contributed by atoms with Crippen LogP contribution in [0.1, 0.15) is 46.0 Å². The summed E-state index contributed by atoms with van der Waals surface area (Å²) in [6.45, 7) is 7.84. The number of carbonyl (C=O) groups excluding carboxylic acids is 1. The Bertz CT molecular complexity index is 644. The zero-order chi connectivity index (χ0) is 14.9. The van der Waals surface area contributed by atoms with Crippen LogP contribution in [0.3, 0.4) is 0 Å². The number of hydrogen-bond donors (Lipinski definition) is 2. The van der Waals surface area contributed by atoms with Crippen LogP contribution in [0, 0.1) is 20.8 Å². The van der Waals surface area contributed by atoms with Gasteiger partial charge in [0.25, 0.3) is 0 Å². The lowest BCUT2D eigenvalue weighted by molar-refractivity contribution is 0.1000. The second-order valence-electron chi connectivity index (χ2n) is 5.08. The van der Waals surface area contributed by atoms with Crippen LogP contribution in [-0.2, 0) is 0 Å². The van der Waals surface area contributed by atoms with Crippen molar-refractivity contribution in [2.75, 3.05) is 5.32 Å². The van der Waals surface area contributed by atoms with Crippen LogP contribution in [0.25, 0.3) is 0 Å². The first-order chi connectivity index (χ1) is 9.40. The van der Waals surface area contributed by atoms with Crippen molar-refractivity contribution < 1.29 is 9.21 Å². The molecule has 0 bridgehead atoms. The Morgan fingerprint density at radius 3 is 2.55 bits per heavy atom. The fourth-order valence-corrected chi connectivity index (χ4v) is 2.45. The van der Waals surface area contributed by atoms with Crippen LogP contribution in [0.15, 0.2) is 28.7 Å². The zero-order valence-corrected chi connectivity index (χ0v) is 12.3. The maximum atomic E-state index is 11.4. The van der Waals surface area contributed by atoms with Gasteiger partial charge in [0.1, 0.15) is 11.5 Å². The number of primary amides is 1. The molecule has 3 N–H and O–H groups in total. The van der Waals surface area contributed by atoms with Gasteiger partial charge in [0, 0.05) is 16.8 Å². The minimum atomic E-state index is -0.408. The summed E-state index contributed by atoms with van der Waals surface area (Å²) in [5.41, 5.74) is 8.81. The number of rotatable bonds is 4. The summed E-state index contributed by atoms with van der Waals surface area (Å²) in [7, 11) is 0. The summed E-state index contributed by atoms with van der Waals surface area (Å²) in [5, 5.41) is 3.41. The highest BCUT2D eigenvalue weighted by molar-refractivity contribution is 5.95. The lowest BCUT2D eigenvalue weighted by atomic mass is 10.0. The molecule has 1 atom stereocenters. The summed E-state index contributed by atoms with van der Waals surface area (Å²) in [4.78, 5) is 11.4. The van der Waals surface area contributed by atoms with Crippen molar-refractivity contribution >= 4 is 11.6 Å². The number of nitrogens with two attached hydrogens (primary N) is 1. The van der Waals surface area contributed by atoms with Gasteiger partial charge in [0.15, 0.2) is 0 Å². The molecule has 0 aliphatic heterocycles. The molecule has 2 aromatic rings. The van der Waals surface area contributed by atoms with Crippen LogP contribution in [-0.4, -0.2) is 5.91 Å². The molecule has 1 amide bonds. The molecule has 0 radical (unpaired) electrons. The molecule has 1 heterocycles. The standard InChI is InChI=1S/C16H20N2O2/c1-9-8-14(12(4)20-9)11(3)18-15-7-5-6-13(10(15)2)16(17)19/h5-8,11,18H,1-4H3,(H2,17,19). The fraction of sp³-hybridized carbons (Fsp3) is 0.312. The van der Waals surface area contributed by atoms with Gasteiger partial charge in [0.05, 0.1) is 6.04 Å². The lowest BCUT2D eigenvalue weighted by Gasteiger charge is -2.17. The van der Waals surface area contributed by atoms with E-state index < -0.39 is 5.91 Å². The molecule has 1 aromatic carbocycles. The first-order valence-electron chi connectivity index (χ1n) is 6.63. The molecule has 0 aliphatic carbocycles. The Kier molecular flexibility index (Phi) is 3.84. The van der Waals surface area contributed by atoms with Crippen LogP contribution >= 0.6 is 0 Å². The van der Waals surface area contributed by atoms with Crippen molar-refractivity contribution in [2.45, 2.75) is 33.7 Å². The van der Waals surface area contributed by atoms with Crippen molar-refractivity contribution in [1.29, 1.82) is 0 Å². The third kappa shape index (κ3) is 2.69. The molecule has 0 aliphatic rings. The van der Waals surface area contributed by atoms with Crippen LogP contribution in [0.5, 0.6) is 0 Å². The monoisotopic (exact) mass is 272 g/mol. The quantitative estimate of drug-likeness (QED) is 0.895. The van der Waals surface area contributed by atoms with Gasteiger partial charge in [0.2, 0.25) is 5.91 Å². The van der Waals surface area contributed by atoms with E-state index in [9.17, 15) is 4.79 Å². The van der Waals surface area contributed by atoms with Crippen molar-refractivity contribution in [3.63, 3.8) is 0 Å². The topological polar surface area (TPSA) is 68.3 Å². The average Bonchev–Trinajstić information content (AvgIpc) is 2.70. The van der Waals surface area contributed by atoms with E-state index >= 15 is 0 Å². The number of anilines is 1. The molecule has 4 nitrogen and oxygen atoms in total. The maximum absolute atomic E-state index is 11.4. The second kappa shape index (κ2) is 5.41. The molecule has 4 heteroatoms. The Hall–Kier alpha value is -2.23. The van der Waals surface area contributed by atoms with Gasteiger partial charge in [-0.15, -0.1) is 0 Å². The number of nitrogens with one attached hydrogen (secondary N) is 1. The molecule has 1 aromatic heterocycles. The Morgan fingerprint density at radius 2 is 2.00 bits per heavy atom. The predicted octanol–water partition coefficient (Wildman–Crippen LogP) is 3.48. The minimum absolute atomic E-state index is 0.0919. The molecule has 106 valence electrons. The average molecular weight is 272 g/mol. The van der Waals surface area contributed by atoms with E-state index in [4.69, 9.17) is 10.2 Å². The SMILES string of the molecule is Cc1cc(C(C)Nc2cccc(C(N)=O)c2C)c(C)o1. The van der Waals surface area contributed by atoms with Gasteiger partial charge in [-0.3, -0.25) is 4.79 Å².